The van der Waals surface area contributed by atoms with Crippen molar-refractivity contribution < 1.29 is 214 Å². The Morgan fingerprint density at radius 1 is 0.793 bits per heavy atom. The van der Waals surface area contributed by atoms with Gasteiger partial charge < -0.3 is 64.6 Å². The number of imide groups is 4. The van der Waals surface area contributed by atoms with Crippen LogP contribution in [0.4, 0.5) is 0 Å². The van der Waals surface area contributed by atoms with Gasteiger partial charge in [0.1, 0.15) is 20.4 Å². The number of hydrogen-bond donors (Lipinski definition) is 3. The minimum absolute atomic E-state index is 0. The Kier molecular flexibility index (Phi) is 48.6. The molecule has 0 bridgehead atoms. The summed E-state index contributed by atoms with van der Waals surface area (Å²) in [5.41, 5.74) is 0. The minimum Gasteiger partial charge on any atom is -1.00 e. The van der Waals surface area contributed by atoms with Crippen molar-refractivity contribution in [3.05, 3.63) is 36.5 Å². The largest absolute Gasteiger partial charge is 1.00 e. The first-order valence-corrected chi connectivity index (χ1v) is 31.0. The van der Waals surface area contributed by atoms with Crippen LogP contribution in [0.15, 0.2) is 51.6 Å². The second kappa shape index (κ2) is 46.9. The number of carbonyl (C=O) groups is 11. The number of halogens is 1. The molecule has 4 aliphatic heterocycles. The zero-order chi connectivity index (χ0) is 60.4. The number of rotatable bonds is 24. The zero-order valence-corrected chi connectivity index (χ0v) is 59.4. The molecule has 6 rings (SSSR count). The number of nitrogens with one attached hydrogen (secondary N) is 2. The van der Waals surface area contributed by atoms with Crippen LogP contribution < -0.4 is 111 Å². The number of nitrogens with zero attached hydrogens (tertiary/aromatic N) is 7. The van der Waals surface area contributed by atoms with E-state index in [0.29, 0.717) is 63.7 Å². The number of quaternary nitrogens is 1. The van der Waals surface area contributed by atoms with E-state index in [1.807, 2.05) is 25.1 Å². The van der Waals surface area contributed by atoms with Gasteiger partial charge in [-0.25, -0.2) is 33.0 Å². The van der Waals surface area contributed by atoms with Crippen molar-refractivity contribution in [3.63, 3.8) is 0 Å². The van der Waals surface area contributed by atoms with Crippen molar-refractivity contribution >= 4 is 124 Å². The molecule has 5 aliphatic rings. The first-order chi connectivity index (χ1) is 38.3. The van der Waals surface area contributed by atoms with Gasteiger partial charge in [0.15, 0.2) is 0 Å². The monoisotopic (exact) mass is 1380 g/mol. The van der Waals surface area contributed by atoms with E-state index >= 15 is 0 Å². The normalized spacial score (nSPS) is 19.2. The fourth-order valence-corrected chi connectivity index (χ4v) is 11.1. The van der Waals surface area contributed by atoms with Crippen LogP contribution in [0, 0.1) is 11.8 Å². The molecule has 87 heavy (non-hydrogen) atoms. The Morgan fingerprint density at radius 3 is 1.82 bits per heavy atom. The molecule has 5 heterocycles. The van der Waals surface area contributed by atoms with Crippen molar-refractivity contribution in [2.45, 2.75) is 111 Å². The number of hydroxylamine groups is 6. The van der Waals surface area contributed by atoms with Gasteiger partial charge in [-0.05, 0) is 74.3 Å². The van der Waals surface area contributed by atoms with E-state index in [2.05, 4.69) is 40.4 Å². The number of carbonyl (C=O) groups excluding carboxylic acids is 11. The molecule has 9 N–H and O–H groups in total. The number of unbranched alkanes of at least 4 members (excludes halogenated alkanes) is 2. The van der Waals surface area contributed by atoms with E-state index in [1.165, 1.54) is 27.8 Å². The van der Waals surface area contributed by atoms with Crippen LogP contribution >= 0.6 is 21.6 Å². The second-order valence-electron chi connectivity index (χ2n) is 18.2. The molecule has 4 fully saturated rings. The molecule has 3 saturated heterocycles. The fraction of sp³-hybridized carbons (Fsp3) is 0.587. The third-order valence-corrected chi connectivity index (χ3v) is 16.7. The average molecular weight is 1380 g/mol. The van der Waals surface area contributed by atoms with Gasteiger partial charge >= 0.3 is 101 Å². The molecule has 1 aromatic rings. The summed E-state index contributed by atoms with van der Waals surface area (Å²) < 4.78 is 74.4. The van der Waals surface area contributed by atoms with Crippen LogP contribution in [-0.2, 0) is 122 Å². The molecule has 3 atom stereocenters. The van der Waals surface area contributed by atoms with Crippen LogP contribution in [0.3, 0.4) is 0 Å². The number of aliphatic imine (C=N–C) groups is 2. The molecule has 1 aromatic heterocycles. The second-order valence-corrected chi connectivity index (χ2v) is 24.3. The smallest absolute Gasteiger partial charge is 1.00 e. The van der Waals surface area contributed by atoms with Crippen molar-refractivity contribution in [2.75, 3.05) is 52.6 Å². The summed E-state index contributed by atoms with van der Waals surface area (Å²) >= 11 is 0. The van der Waals surface area contributed by atoms with E-state index in [1.54, 1.807) is 17.0 Å². The SMILES string of the molecule is CCN=C=NCCC[NH+](C)C.O=C(CCSSc1ccccn1)NCCCCCC(=O)ON1C(=O)CC([S-](=O)=O)C1=O.O=C(ON1C(=O)CC([S-](=O)=O)C1=O)C1CCC(CN2C(=O)C=CC2=O)CC1.O=C1CC(S(=O)(=O)[O-])C(=O)N1O.[Cl-].[Na+].[Na+].[Na+].[OH3+].[OH3+]. The molecular formula is C46H67ClN9Na3O23S5+2. The Labute approximate surface area is 585 Å². The first-order valence-electron chi connectivity index (χ1n) is 25.0. The fourth-order valence-electron chi connectivity index (χ4n) is 7.44. The maximum atomic E-state index is 12.2. The number of pyridine rings is 1. The van der Waals surface area contributed by atoms with Gasteiger partial charge in [0.05, 0.1) is 45.5 Å². The maximum absolute atomic E-state index is 12.2. The van der Waals surface area contributed by atoms with E-state index in [4.69, 9.17) is 14.9 Å². The molecule has 1 saturated carbocycles. The molecule has 0 radical (unpaired) electrons. The van der Waals surface area contributed by atoms with Gasteiger partial charge in [-0.2, -0.15) is 5.06 Å². The first kappa shape index (κ1) is 90.3. The predicted octanol–water partition coefficient (Wildman–Crippen LogP) is -14.7. The van der Waals surface area contributed by atoms with Crippen molar-refractivity contribution in [1.29, 1.82) is 0 Å². The summed E-state index contributed by atoms with van der Waals surface area (Å²) in [5.74, 6) is -8.41. The van der Waals surface area contributed by atoms with Crippen LogP contribution in [0.5, 0.6) is 0 Å². The molecule has 3 unspecified atom stereocenters. The average Bonchev–Trinajstić information content (AvgIpc) is 4.09. The summed E-state index contributed by atoms with van der Waals surface area (Å²) in [7, 11) is -2.99. The summed E-state index contributed by atoms with van der Waals surface area (Å²) in [5, 5.41) is 7.36. The summed E-state index contributed by atoms with van der Waals surface area (Å²) in [6, 6.07) is 8.30. The van der Waals surface area contributed by atoms with Gasteiger partial charge in [0, 0.05) is 86.3 Å². The van der Waals surface area contributed by atoms with Crippen LogP contribution in [0.1, 0.15) is 90.4 Å². The third-order valence-electron chi connectivity index (χ3n) is 11.7. The van der Waals surface area contributed by atoms with Crippen LogP contribution in [-0.4, -0.2) is 183 Å². The Balaban J connectivity index is -0.000000559. The maximum Gasteiger partial charge on any atom is 1.00 e. The van der Waals surface area contributed by atoms with Gasteiger partial charge in [0.2, 0.25) is 5.91 Å². The van der Waals surface area contributed by atoms with Gasteiger partial charge in [0.25, 0.3) is 47.3 Å². The number of amides is 9. The summed E-state index contributed by atoms with van der Waals surface area (Å²) in [6.45, 7) is 5.54. The van der Waals surface area contributed by atoms with E-state index in [0.717, 1.165) is 36.0 Å². The van der Waals surface area contributed by atoms with Crippen LogP contribution in [0.2, 0.25) is 0 Å². The van der Waals surface area contributed by atoms with Crippen molar-refractivity contribution in [1.82, 2.24) is 30.4 Å². The molecule has 9 amide bonds. The molecule has 1 aliphatic carbocycles. The van der Waals surface area contributed by atoms with E-state index < -0.39 is 120 Å². The third kappa shape index (κ3) is 32.1. The molecule has 0 aromatic carbocycles. The van der Waals surface area contributed by atoms with Crippen molar-refractivity contribution in [2.24, 2.45) is 21.8 Å². The Hall–Kier alpha value is -3.12. The van der Waals surface area contributed by atoms with Gasteiger partial charge in [-0.1, -0.05) is 44.7 Å². The standard InChI is InChI=1S/C18H22N3O7S3.C16H17N2O8S.C8H17N3.C4H5NO6S.ClH.3Na.2H2O/c22-14(8-11-29-30-15-6-3-5-10-20-15)19-9-4-1-2-7-17(24)28-21-16(23)12-13(18(21)25)31(26)27;19-12-5-6-13(20)17(12)8-9-1-3-10(4-2-9)16(23)26-18-14(21)7-11(15(18)22)27(24)25;1-4-9-8-10-6-5-7-11(2)3;6-3-1-2(12(9,10)11)4(7)5(3)8;;;;;;/h3,5-6,10,13H,1-2,4,7-9,11-12H2,(H,19,22);5-6,9-11H,1-4,7-8H2;4-7H2,1-3H3;2,8H,1H2,(H,9,10,11);1H;;;;2*1H2/q2*-1;;;;3*+1;;/p+1. The molecule has 32 nitrogen and oxygen atoms in total. The predicted molar refractivity (Wildman–Crippen MR) is 289 cm³/mol. The number of aromatic nitrogens is 1. The summed E-state index contributed by atoms with van der Waals surface area (Å²) in [4.78, 5) is 151. The van der Waals surface area contributed by atoms with Gasteiger partial charge in [-0.3, -0.25) is 53.3 Å². The Morgan fingerprint density at radius 2 is 1.36 bits per heavy atom. The van der Waals surface area contributed by atoms with E-state index in [9.17, 15) is 82.5 Å². The minimum atomic E-state index is -4.84. The molecule has 41 heteroatoms. The van der Waals surface area contributed by atoms with Crippen LogP contribution in [0.25, 0.3) is 0 Å². The van der Waals surface area contributed by atoms with Gasteiger partial charge in [-0.15, -0.1) is 10.1 Å². The summed E-state index contributed by atoms with van der Waals surface area (Å²) in [6.07, 6.45) is 7.52. The molecule has 0 spiro atoms. The molecular weight excluding hydrogens is 1310 g/mol. The quantitative estimate of drug-likeness (QED) is 0.00996. The Bertz CT molecular complexity index is 2830. The zero-order valence-electron chi connectivity index (χ0n) is 48.6. The van der Waals surface area contributed by atoms with Crippen molar-refractivity contribution in [3.8, 4) is 0 Å². The number of hydrogen-bond acceptors (Lipinski definition) is 28. The van der Waals surface area contributed by atoms with E-state index in [-0.39, 0.29) is 164 Å². The molecule has 472 valence electrons. The topological polar surface area (TPSA) is 485 Å².